The van der Waals surface area contributed by atoms with Gasteiger partial charge in [-0.2, -0.15) is 0 Å². The van der Waals surface area contributed by atoms with Crippen LogP contribution in [0, 0.1) is 6.92 Å². The molecule has 0 amide bonds. The Bertz CT molecular complexity index is 401. The molecule has 0 saturated carbocycles. The van der Waals surface area contributed by atoms with Crippen LogP contribution in [-0.4, -0.2) is 15.0 Å². The molecule has 0 bridgehead atoms. The molecule has 0 spiro atoms. The normalized spacial score (nSPS) is 9.33. The van der Waals surface area contributed by atoms with Crippen LogP contribution in [0.5, 0.6) is 0 Å². The van der Waals surface area contributed by atoms with Crippen LogP contribution in [0.1, 0.15) is 19.4 Å². The van der Waals surface area contributed by atoms with Crippen molar-refractivity contribution in [1.82, 2.24) is 15.0 Å². The molecule has 0 aliphatic heterocycles. The molecule has 1 aromatic heterocycles. The van der Waals surface area contributed by atoms with Crippen LogP contribution in [0.15, 0.2) is 30.5 Å². The van der Waals surface area contributed by atoms with Crippen LogP contribution in [0.4, 0.5) is 0 Å². The summed E-state index contributed by atoms with van der Waals surface area (Å²) in [6, 6.07) is 8.26. The van der Waals surface area contributed by atoms with Crippen LogP contribution in [-0.2, 0) is 7.05 Å². The monoisotopic (exact) mass is 203 g/mol. The molecular formula is C12H17N3. The van der Waals surface area contributed by atoms with Gasteiger partial charge in [0.15, 0.2) is 0 Å². The van der Waals surface area contributed by atoms with Crippen LogP contribution in [0.2, 0.25) is 0 Å². The summed E-state index contributed by atoms with van der Waals surface area (Å²) in [4.78, 5) is 0. The first-order valence-electron chi connectivity index (χ1n) is 5.19. The summed E-state index contributed by atoms with van der Waals surface area (Å²) in [5.74, 6) is 0. The van der Waals surface area contributed by atoms with Crippen molar-refractivity contribution in [2.75, 3.05) is 0 Å². The number of aromatic nitrogens is 3. The van der Waals surface area contributed by atoms with Crippen molar-refractivity contribution in [2.45, 2.75) is 20.8 Å². The molecular weight excluding hydrogens is 186 g/mol. The van der Waals surface area contributed by atoms with E-state index in [-0.39, 0.29) is 0 Å². The lowest BCUT2D eigenvalue weighted by Crippen LogP contribution is -1.85. The zero-order chi connectivity index (χ0) is 11.3. The molecule has 3 nitrogen and oxygen atoms in total. The molecule has 2 aromatic rings. The van der Waals surface area contributed by atoms with Gasteiger partial charge in [0.2, 0.25) is 0 Å². The van der Waals surface area contributed by atoms with Gasteiger partial charge in [0.05, 0.1) is 6.20 Å². The van der Waals surface area contributed by atoms with Gasteiger partial charge >= 0.3 is 0 Å². The minimum absolute atomic E-state index is 0.919. The fourth-order valence-electron chi connectivity index (χ4n) is 1.20. The van der Waals surface area contributed by atoms with E-state index in [1.54, 1.807) is 4.68 Å². The second-order valence-corrected chi connectivity index (χ2v) is 3.14. The van der Waals surface area contributed by atoms with Gasteiger partial charge in [-0.3, -0.25) is 4.68 Å². The Labute approximate surface area is 90.7 Å². The van der Waals surface area contributed by atoms with Gasteiger partial charge in [-0.1, -0.05) is 48.9 Å². The quantitative estimate of drug-likeness (QED) is 0.713. The van der Waals surface area contributed by atoms with Gasteiger partial charge in [0, 0.05) is 12.6 Å². The third kappa shape index (κ3) is 2.91. The lowest BCUT2D eigenvalue weighted by atomic mass is 10.1. The van der Waals surface area contributed by atoms with E-state index in [9.17, 15) is 0 Å². The lowest BCUT2D eigenvalue weighted by Gasteiger charge is -1.95. The molecule has 0 radical (unpaired) electrons. The SMILES string of the molecule is CC.Cc1ccc(-c2cn(C)nn2)cc1. The summed E-state index contributed by atoms with van der Waals surface area (Å²) in [6.45, 7) is 6.07. The second-order valence-electron chi connectivity index (χ2n) is 3.14. The molecule has 1 heterocycles. The summed E-state index contributed by atoms with van der Waals surface area (Å²) in [5.41, 5.74) is 3.29. The smallest absolute Gasteiger partial charge is 0.113 e. The molecule has 2 rings (SSSR count). The first kappa shape index (κ1) is 11.4. The zero-order valence-electron chi connectivity index (χ0n) is 9.73. The standard InChI is InChI=1S/C10H11N3.C2H6/c1-8-3-5-9(6-4-8)10-7-13(2)12-11-10;1-2/h3-7H,1-2H3;1-2H3. The zero-order valence-corrected chi connectivity index (χ0v) is 9.73. The molecule has 0 saturated heterocycles. The van der Waals surface area contributed by atoms with Crippen molar-refractivity contribution < 1.29 is 0 Å². The number of aryl methyl sites for hydroxylation is 2. The van der Waals surface area contributed by atoms with Crippen LogP contribution < -0.4 is 0 Å². The summed E-state index contributed by atoms with van der Waals surface area (Å²) >= 11 is 0. The summed E-state index contributed by atoms with van der Waals surface area (Å²) in [6.07, 6.45) is 1.91. The van der Waals surface area contributed by atoms with Crippen LogP contribution in [0.3, 0.4) is 0 Å². The molecule has 0 fully saturated rings. The number of rotatable bonds is 1. The van der Waals surface area contributed by atoms with Gasteiger partial charge in [0.25, 0.3) is 0 Å². The molecule has 1 aromatic carbocycles. The fourth-order valence-corrected chi connectivity index (χ4v) is 1.20. The Kier molecular flexibility index (Phi) is 4.03. The molecule has 0 aliphatic carbocycles. The highest BCUT2D eigenvalue weighted by atomic mass is 15.4. The summed E-state index contributed by atoms with van der Waals surface area (Å²) in [7, 11) is 1.87. The van der Waals surface area contributed by atoms with Gasteiger partial charge < -0.3 is 0 Å². The average molecular weight is 203 g/mol. The number of hydrogen-bond donors (Lipinski definition) is 0. The highest BCUT2D eigenvalue weighted by Crippen LogP contribution is 2.15. The molecule has 3 heteroatoms. The van der Waals surface area contributed by atoms with E-state index in [4.69, 9.17) is 0 Å². The fraction of sp³-hybridized carbons (Fsp3) is 0.333. The predicted octanol–water partition coefficient (Wildman–Crippen LogP) is 2.82. The number of nitrogens with zero attached hydrogens (tertiary/aromatic N) is 3. The van der Waals surface area contributed by atoms with Crippen LogP contribution in [0.25, 0.3) is 11.3 Å². The van der Waals surface area contributed by atoms with Crippen molar-refractivity contribution >= 4 is 0 Å². The third-order valence-electron chi connectivity index (χ3n) is 1.95. The Morgan fingerprint density at radius 2 is 1.67 bits per heavy atom. The van der Waals surface area contributed by atoms with E-state index >= 15 is 0 Å². The average Bonchev–Trinajstić information content (AvgIpc) is 2.69. The summed E-state index contributed by atoms with van der Waals surface area (Å²) < 4.78 is 1.70. The molecule has 0 aliphatic rings. The Hall–Kier alpha value is -1.64. The van der Waals surface area contributed by atoms with Gasteiger partial charge in [0.1, 0.15) is 5.69 Å². The van der Waals surface area contributed by atoms with Crippen molar-refractivity contribution in [3.05, 3.63) is 36.0 Å². The topological polar surface area (TPSA) is 30.7 Å². The summed E-state index contributed by atoms with van der Waals surface area (Å²) in [5, 5.41) is 7.91. The van der Waals surface area contributed by atoms with E-state index in [0.717, 1.165) is 11.3 Å². The molecule has 0 N–H and O–H groups in total. The van der Waals surface area contributed by atoms with Crippen molar-refractivity contribution in [1.29, 1.82) is 0 Å². The van der Waals surface area contributed by atoms with E-state index in [2.05, 4.69) is 41.5 Å². The first-order valence-corrected chi connectivity index (χ1v) is 5.19. The first-order chi connectivity index (χ1) is 7.25. The second kappa shape index (κ2) is 5.29. The van der Waals surface area contributed by atoms with Crippen LogP contribution >= 0.6 is 0 Å². The number of hydrogen-bond acceptors (Lipinski definition) is 2. The van der Waals surface area contributed by atoms with E-state index in [1.807, 2.05) is 27.1 Å². The minimum Gasteiger partial charge on any atom is -0.255 e. The maximum Gasteiger partial charge on any atom is 0.113 e. The highest BCUT2D eigenvalue weighted by Gasteiger charge is 2.00. The highest BCUT2D eigenvalue weighted by molar-refractivity contribution is 5.57. The van der Waals surface area contributed by atoms with Crippen molar-refractivity contribution in [3.8, 4) is 11.3 Å². The molecule has 0 unspecified atom stereocenters. The van der Waals surface area contributed by atoms with E-state index < -0.39 is 0 Å². The maximum absolute atomic E-state index is 4.03. The van der Waals surface area contributed by atoms with Gasteiger partial charge in [-0.25, -0.2) is 0 Å². The minimum atomic E-state index is 0.919. The van der Waals surface area contributed by atoms with Gasteiger partial charge in [-0.05, 0) is 6.92 Å². The van der Waals surface area contributed by atoms with Gasteiger partial charge in [-0.15, -0.1) is 5.10 Å². The predicted molar refractivity (Wildman–Crippen MR) is 62.5 cm³/mol. The van der Waals surface area contributed by atoms with Crippen molar-refractivity contribution in [2.24, 2.45) is 7.05 Å². The Balaban J connectivity index is 0.000000531. The van der Waals surface area contributed by atoms with E-state index in [1.165, 1.54) is 5.56 Å². The molecule has 80 valence electrons. The van der Waals surface area contributed by atoms with Crippen molar-refractivity contribution in [3.63, 3.8) is 0 Å². The third-order valence-corrected chi connectivity index (χ3v) is 1.95. The largest absolute Gasteiger partial charge is 0.255 e. The molecule has 0 atom stereocenters. The lowest BCUT2D eigenvalue weighted by molar-refractivity contribution is 0.715. The maximum atomic E-state index is 4.03. The van der Waals surface area contributed by atoms with E-state index in [0.29, 0.717) is 0 Å². The number of benzene rings is 1. The molecule has 15 heavy (non-hydrogen) atoms. The Morgan fingerprint density at radius 1 is 1.07 bits per heavy atom. The Morgan fingerprint density at radius 3 is 2.13 bits per heavy atom.